The summed E-state index contributed by atoms with van der Waals surface area (Å²) in [7, 11) is 5.54. The number of rotatable bonds is 7. The van der Waals surface area contributed by atoms with Gasteiger partial charge in [0, 0.05) is 12.6 Å². The van der Waals surface area contributed by atoms with E-state index in [2.05, 4.69) is 11.1 Å². The molecule has 5 nitrogen and oxygen atoms in total. The van der Waals surface area contributed by atoms with Crippen molar-refractivity contribution in [1.29, 1.82) is 0 Å². The number of nitrogens with zero attached hydrogens (tertiary/aromatic N) is 2. The Labute approximate surface area is 157 Å². The number of thiazole rings is 1. The third kappa shape index (κ3) is 4.59. The molecule has 6 heteroatoms. The molecule has 1 heterocycles. The van der Waals surface area contributed by atoms with Crippen LogP contribution in [0.1, 0.15) is 10.6 Å². The van der Waals surface area contributed by atoms with E-state index in [0.717, 1.165) is 32.4 Å². The van der Waals surface area contributed by atoms with Crippen LogP contribution in [0.5, 0.6) is 5.75 Å². The highest BCUT2D eigenvalue weighted by molar-refractivity contribution is 7.18. The molecule has 0 radical (unpaired) electrons. The van der Waals surface area contributed by atoms with Crippen molar-refractivity contribution in [3.63, 3.8) is 0 Å². The molecule has 0 fully saturated rings. The highest BCUT2D eigenvalue weighted by Crippen LogP contribution is 2.22. The third-order valence-corrected chi connectivity index (χ3v) is 5.28. The van der Waals surface area contributed by atoms with E-state index < -0.39 is 0 Å². The molecule has 1 N–H and O–H groups in total. The summed E-state index contributed by atoms with van der Waals surface area (Å²) in [6.45, 7) is 1.80. The molecule has 136 valence electrons. The highest BCUT2D eigenvalue weighted by Gasteiger charge is 2.17. The predicted octanol–water partition coefficient (Wildman–Crippen LogP) is 1.98. The van der Waals surface area contributed by atoms with Gasteiger partial charge in [0.25, 0.3) is 5.91 Å². The maximum atomic E-state index is 12.5. The second kappa shape index (κ2) is 8.29. The highest BCUT2D eigenvalue weighted by atomic mass is 32.1. The van der Waals surface area contributed by atoms with Crippen LogP contribution >= 0.6 is 11.3 Å². The van der Waals surface area contributed by atoms with Gasteiger partial charge in [0.2, 0.25) is 0 Å². The van der Waals surface area contributed by atoms with Gasteiger partial charge in [0.15, 0.2) is 6.54 Å². The number of likely N-dealkylation sites (N-methyl/N-ethyl adjacent to an activating group) is 2. The standard InChI is InChI=1S/C20H23N3O2S/c1-22(12-15-8-10-16(25-3)11-9-15)14-20(24)23(2)13-19-21-17-6-4-5-7-18(17)26-19/h4-11H,12-14H2,1-3H3/p+1. The summed E-state index contributed by atoms with van der Waals surface area (Å²) in [4.78, 5) is 20.0. The van der Waals surface area contributed by atoms with Crippen LogP contribution in [0.15, 0.2) is 48.5 Å². The van der Waals surface area contributed by atoms with Gasteiger partial charge in [-0.05, 0) is 36.4 Å². The number of ether oxygens (including phenoxy) is 1. The van der Waals surface area contributed by atoms with E-state index in [9.17, 15) is 4.79 Å². The fourth-order valence-corrected chi connectivity index (χ4v) is 3.85. The van der Waals surface area contributed by atoms with E-state index in [-0.39, 0.29) is 5.91 Å². The maximum absolute atomic E-state index is 12.5. The molecule has 3 rings (SSSR count). The Morgan fingerprint density at radius 2 is 1.92 bits per heavy atom. The molecule has 1 amide bonds. The molecule has 1 aromatic heterocycles. The second-order valence-corrected chi connectivity index (χ2v) is 7.60. The smallest absolute Gasteiger partial charge is 0.277 e. The van der Waals surface area contributed by atoms with Gasteiger partial charge in [-0.25, -0.2) is 4.98 Å². The van der Waals surface area contributed by atoms with Crippen LogP contribution in [0.2, 0.25) is 0 Å². The van der Waals surface area contributed by atoms with Crippen LogP contribution in [0.25, 0.3) is 10.2 Å². The molecule has 0 spiro atoms. The quantitative estimate of drug-likeness (QED) is 0.692. The normalized spacial score (nSPS) is 12.1. The molecule has 1 unspecified atom stereocenters. The number of methoxy groups -OCH3 is 1. The lowest BCUT2D eigenvalue weighted by atomic mass is 10.2. The predicted molar refractivity (Wildman–Crippen MR) is 105 cm³/mol. The third-order valence-electron chi connectivity index (χ3n) is 4.25. The van der Waals surface area contributed by atoms with E-state index in [1.54, 1.807) is 23.3 Å². The van der Waals surface area contributed by atoms with E-state index in [0.29, 0.717) is 13.1 Å². The summed E-state index contributed by atoms with van der Waals surface area (Å²) in [5.74, 6) is 0.966. The van der Waals surface area contributed by atoms with Crippen molar-refractivity contribution in [2.24, 2.45) is 0 Å². The van der Waals surface area contributed by atoms with Crippen LogP contribution < -0.4 is 9.64 Å². The summed E-state index contributed by atoms with van der Waals surface area (Å²) < 4.78 is 6.33. The first kappa shape index (κ1) is 18.4. The number of nitrogens with one attached hydrogen (secondary N) is 1. The van der Waals surface area contributed by atoms with Gasteiger partial charge in [-0.15, -0.1) is 11.3 Å². The number of fused-ring (bicyclic) bond motifs is 1. The molecule has 0 aliphatic heterocycles. The molecule has 2 aromatic carbocycles. The van der Waals surface area contributed by atoms with Gasteiger partial charge in [-0.2, -0.15) is 0 Å². The summed E-state index contributed by atoms with van der Waals surface area (Å²) in [6, 6.07) is 16.0. The molecular weight excluding hydrogens is 346 g/mol. The van der Waals surface area contributed by atoms with Crippen molar-refractivity contribution in [3.8, 4) is 5.75 Å². The van der Waals surface area contributed by atoms with Crippen molar-refractivity contribution in [3.05, 3.63) is 59.1 Å². The fourth-order valence-electron chi connectivity index (χ4n) is 2.83. The van der Waals surface area contributed by atoms with Gasteiger partial charge in [0.05, 0.1) is 30.9 Å². The number of hydrogen-bond donors (Lipinski definition) is 1. The number of amides is 1. The van der Waals surface area contributed by atoms with Gasteiger partial charge in [-0.3, -0.25) is 4.79 Å². The Morgan fingerprint density at radius 3 is 2.62 bits per heavy atom. The zero-order valence-corrected chi connectivity index (χ0v) is 16.2. The summed E-state index contributed by atoms with van der Waals surface area (Å²) in [6.07, 6.45) is 0. The number of hydrogen-bond acceptors (Lipinski definition) is 4. The monoisotopic (exact) mass is 370 g/mol. The van der Waals surface area contributed by atoms with Crippen molar-refractivity contribution in [2.45, 2.75) is 13.1 Å². The van der Waals surface area contributed by atoms with Gasteiger partial charge in [-0.1, -0.05) is 12.1 Å². The summed E-state index contributed by atoms with van der Waals surface area (Å²) in [5.41, 5.74) is 2.18. The Kier molecular flexibility index (Phi) is 5.85. The number of carbonyl (C=O) groups is 1. The van der Waals surface area contributed by atoms with Crippen LogP contribution in [0.4, 0.5) is 0 Å². The van der Waals surface area contributed by atoms with Crippen molar-refractivity contribution in [1.82, 2.24) is 9.88 Å². The molecule has 1 atom stereocenters. The summed E-state index contributed by atoms with van der Waals surface area (Å²) in [5, 5.41) is 0.967. The van der Waals surface area contributed by atoms with Crippen LogP contribution in [-0.4, -0.2) is 43.5 Å². The first-order valence-electron chi connectivity index (χ1n) is 8.58. The molecule has 3 aromatic rings. The molecule has 0 bridgehead atoms. The van der Waals surface area contributed by atoms with E-state index in [4.69, 9.17) is 4.74 Å². The largest absolute Gasteiger partial charge is 0.497 e. The van der Waals surface area contributed by atoms with Crippen molar-refractivity contribution < 1.29 is 14.4 Å². The van der Waals surface area contributed by atoms with Crippen molar-refractivity contribution in [2.75, 3.05) is 27.7 Å². The molecular formula is C20H24N3O2S+. The topological polar surface area (TPSA) is 46.9 Å². The van der Waals surface area contributed by atoms with E-state index >= 15 is 0 Å². The van der Waals surface area contributed by atoms with Gasteiger partial charge < -0.3 is 14.5 Å². The minimum Gasteiger partial charge on any atom is -0.497 e. The maximum Gasteiger partial charge on any atom is 0.277 e. The van der Waals surface area contributed by atoms with Crippen LogP contribution in [0.3, 0.4) is 0 Å². The first-order valence-corrected chi connectivity index (χ1v) is 9.39. The zero-order valence-electron chi connectivity index (χ0n) is 15.4. The lowest BCUT2D eigenvalue weighted by molar-refractivity contribution is -0.885. The van der Waals surface area contributed by atoms with E-state index in [1.165, 1.54) is 5.56 Å². The number of benzene rings is 2. The average Bonchev–Trinajstić information content (AvgIpc) is 3.04. The number of carbonyl (C=O) groups excluding carboxylic acids is 1. The Bertz CT molecular complexity index is 843. The molecule has 0 aliphatic carbocycles. The molecule has 0 saturated heterocycles. The SMILES string of the molecule is COc1ccc(C[NH+](C)CC(=O)N(C)Cc2nc3ccccc3s2)cc1. The second-order valence-electron chi connectivity index (χ2n) is 6.48. The lowest BCUT2D eigenvalue weighted by Crippen LogP contribution is -3.08. The van der Waals surface area contributed by atoms with Crippen LogP contribution in [-0.2, 0) is 17.9 Å². The Morgan fingerprint density at radius 1 is 1.19 bits per heavy atom. The number of quaternary nitrogens is 1. The Hall–Kier alpha value is -2.44. The first-order chi connectivity index (χ1) is 12.5. The van der Waals surface area contributed by atoms with Crippen molar-refractivity contribution >= 4 is 27.5 Å². The minimum absolute atomic E-state index is 0.121. The van der Waals surface area contributed by atoms with Gasteiger partial charge in [0.1, 0.15) is 17.3 Å². The molecule has 0 aliphatic rings. The van der Waals surface area contributed by atoms with E-state index in [1.807, 2.05) is 56.6 Å². The lowest BCUT2D eigenvalue weighted by Gasteiger charge is -2.19. The fraction of sp³-hybridized carbons (Fsp3) is 0.300. The zero-order chi connectivity index (χ0) is 18.5. The van der Waals surface area contributed by atoms with Gasteiger partial charge >= 0.3 is 0 Å². The number of aromatic nitrogens is 1. The molecule has 26 heavy (non-hydrogen) atoms. The van der Waals surface area contributed by atoms with Crippen LogP contribution in [0, 0.1) is 0 Å². The number of para-hydroxylation sites is 1. The Balaban J connectivity index is 1.54. The summed E-state index contributed by atoms with van der Waals surface area (Å²) >= 11 is 1.64. The molecule has 0 saturated carbocycles. The average molecular weight is 370 g/mol. The minimum atomic E-state index is 0.121.